The van der Waals surface area contributed by atoms with Gasteiger partial charge in [0.2, 0.25) is 5.89 Å². The molecule has 0 radical (unpaired) electrons. The third-order valence-corrected chi connectivity index (χ3v) is 4.47. The van der Waals surface area contributed by atoms with Gasteiger partial charge in [-0.2, -0.15) is 4.98 Å². The Morgan fingerprint density at radius 3 is 2.74 bits per heavy atom. The fourth-order valence-electron chi connectivity index (χ4n) is 3.14. The van der Waals surface area contributed by atoms with Crippen molar-refractivity contribution in [3.63, 3.8) is 0 Å². The van der Waals surface area contributed by atoms with Crippen molar-refractivity contribution in [2.45, 2.75) is 26.4 Å². The van der Waals surface area contributed by atoms with E-state index in [9.17, 15) is 4.39 Å². The first kappa shape index (κ1) is 17.4. The molecule has 27 heavy (non-hydrogen) atoms. The van der Waals surface area contributed by atoms with Gasteiger partial charge in [-0.15, -0.1) is 0 Å². The SMILES string of the molecule is Cc1nc2ccccn2c1CN(C)Cc1nc(Cc2ccccc2F)no1. The molecule has 0 aliphatic carbocycles. The van der Waals surface area contributed by atoms with Crippen LogP contribution in [0.5, 0.6) is 0 Å². The molecule has 138 valence electrons. The van der Waals surface area contributed by atoms with E-state index in [0.29, 0.717) is 36.8 Å². The summed E-state index contributed by atoms with van der Waals surface area (Å²) >= 11 is 0. The Balaban J connectivity index is 1.44. The standard InChI is InChI=1S/C20H20FN5O/c1-14-17(26-10-6-5-9-19(26)22-14)12-25(2)13-20-23-18(24-27-20)11-15-7-3-4-8-16(15)21/h3-10H,11-13H2,1-2H3. The van der Waals surface area contributed by atoms with Crippen LogP contribution in [0.3, 0.4) is 0 Å². The summed E-state index contributed by atoms with van der Waals surface area (Å²) in [6.45, 7) is 3.21. The maximum Gasteiger partial charge on any atom is 0.240 e. The largest absolute Gasteiger partial charge is 0.338 e. The molecule has 0 aliphatic heterocycles. The van der Waals surface area contributed by atoms with Crippen molar-refractivity contribution in [1.29, 1.82) is 0 Å². The molecule has 4 rings (SSSR count). The number of nitrogens with zero attached hydrogens (tertiary/aromatic N) is 5. The number of benzene rings is 1. The van der Waals surface area contributed by atoms with Crippen molar-refractivity contribution in [2.75, 3.05) is 7.05 Å². The van der Waals surface area contributed by atoms with Crippen LogP contribution in [0.1, 0.15) is 28.7 Å². The molecule has 7 heteroatoms. The first-order valence-electron chi connectivity index (χ1n) is 8.76. The molecular formula is C20H20FN5O. The Hall–Kier alpha value is -3.06. The second-order valence-corrected chi connectivity index (χ2v) is 6.62. The Bertz CT molecular complexity index is 1070. The van der Waals surface area contributed by atoms with Gasteiger partial charge in [0.25, 0.3) is 0 Å². The highest BCUT2D eigenvalue weighted by Crippen LogP contribution is 2.15. The molecule has 3 aromatic heterocycles. The molecule has 0 N–H and O–H groups in total. The zero-order valence-electron chi connectivity index (χ0n) is 15.3. The van der Waals surface area contributed by atoms with Gasteiger partial charge < -0.3 is 8.92 Å². The maximum absolute atomic E-state index is 13.8. The lowest BCUT2D eigenvalue weighted by molar-refractivity contribution is 0.257. The monoisotopic (exact) mass is 365 g/mol. The van der Waals surface area contributed by atoms with E-state index in [2.05, 4.69) is 24.4 Å². The summed E-state index contributed by atoms with van der Waals surface area (Å²) < 4.78 is 21.2. The van der Waals surface area contributed by atoms with Crippen molar-refractivity contribution in [2.24, 2.45) is 0 Å². The van der Waals surface area contributed by atoms with Crippen LogP contribution in [-0.2, 0) is 19.5 Å². The molecule has 0 unspecified atom stereocenters. The van der Waals surface area contributed by atoms with Crippen LogP contribution >= 0.6 is 0 Å². The van der Waals surface area contributed by atoms with E-state index in [1.165, 1.54) is 6.07 Å². The van der Waals surface area contributed by atoms with Crippen LogP contribution in [0.15, 0.2) is 53.2 Å². The molecule has 0 spiro atoms. The fraction of sp³-hybridized carbons (Fsp3) is 0.250. The van der Waals surface area contributed by atoms with Crippen LogP contribution in [-0.4, -0.2) is 31.5 Å². The Morgan fingerprint density at radius 2 is 1.89 bits per heavy atom. The minimum Gasteiger partial charge on any atom is -0.338 e. The van der Waals surface area contributed by atoms with Crippen molar-refractivity contribution >= 4 is 5.65 Å². The molecule has 0 aliphatic rings. The highest BCUT2D eigenvalue weighted by atomic mass is 19.1. The second kappa shape index (κ2) is 7.28. The molecule has 0 atom stereocenters. The third kappa shape index (κ3) is 3.73. The van der Waals surface area contributed by atoms with E-state index in [0.717, 1.165) is 17.0 Å². The Kier molecular flexibility index (Phi) is 4.68. The number of fused-ring (bicyclic) bond motifs is 1. The van der Waals surface area contributed by atoms with Crippen LogP contribution < -0.4 is 0 Å². The number of hydrogen-bond acceptors (Lipinski definition) is 5. The van der Waals surface area contributed by atoms with E-state index in [1.807, 2.05) is 38.4 Å². The van der Waals surface area contributed by atoms with Gasteiger partial charge in [0, 0.05) is 19.2 Å². The quantitative estimate of drug-likeness (QED) is 0.524. The zero-order valence-corrected chi connectivity index (χ0v) is 15.3. The van der Waals surface area contributed by atoms with Crippen molar-refractivity contribution < 1.29 is 8.91 Å². The summed E-state index contributed by atoms with van der Waals surface area (Å²) in [5.74, 6) is 0.730. The lowest BCUT2D eigenvalue weighted by atomic mass is 10.1. The normalized spacial score (nSPS) is 11.6. The molecule has 6 nitrogen and oxygen atoms in total. The summed E-state index contributed by atoms with van der Waals surface area (Å²) in [5.41, 5.74) is 3.61. The second-order valence-electron chi connectivity index (χ2n) is 6.62. The number of aryl methyl sites for hydroxylation is 1. The van der Waals surface area contributed by atoms with Crippen molar-refractivity contribution in [3.05, 3.63) is 83.1 Å². The van der Waals surface area contributed by atoms with Gasteiger partial charge in [0.1, 0.15) is 11.5 Å². The predicted octanol–water partition coefficient (Wildman–Crippen LogP) is 3.39. The first-order chi connectivity index (χ1) is 13.1. The number of rotatable bonds is 6. The van der Waals surface area contributed by atoms with Crippen LogP contribution in [0.25, 0.3) is 5.65 Å². The number of hydrogen-bond donors (Lipinski definition) is 0. The molecule has 3 heterocycles. The maximum atomic E-state index is 13.8. The van der Waals surface area contributed by atoms with E-state index in [4.69, 9.17) is 4.52 Å². The minimum atomic E-state index is -0.260. The lowest BCUT2D eigenvalue weighted by Crippen LogP contribution is -2.19. The smallest absolute Gasteiger partial charge is 0.240 e. The summed E-state index contributed by atoms with van der Waals surface area (Å²) in [6, 6.07) is 12.6. The number of aromatic nitrogens is 4. The lowest BCUT2D eigenvalue weighted by Gasteiger charge is -2.14. The van der Waals surface area contributed by atoms with Gasteiger partial charge in [0.15, 0.2) is 5.82 Å². The van der Waals surface area contributed by atoms with Crippen LogP contribution in [0, 0.1) is 12.7 Å². The van der Waals surface area contributed by atoms with E-state index < -0.39 is 0 Å². The van der Waals surface area contributed by atoms with Gasteiger partial charge in [0.05, 0.1) is 17.9 Å². The Labute approximate surface area is 156 Å². The summed E-state index contributed by atoms with van der Waals surface area (Å²) in [7, 11) is 1.99. The summed E-state index contributed by atoms with van der Waals surface area (Å²) in [6.07, 6.45) is 2.32. The average molecular weight is 365 g/mol. The van der Waals surface area contributed by atoms with Crippen LogP contribution in [0.4, 0.5) is 4.39 Å². The molecule has 0 fully saturated rings. The number of pyridine rings is 1. The fourth-order valence-corrected chi connectivity index (χ4v) is 3.14. The number of imidazole rings is 1. The molecule has 1 aromatic carbocycles. The summed E-state index contributed by atoms with van der Waals surface area (Å²) in [5, 5.41) is 3.97. The highest BCUT2D eigenvalue weighted by molar-refractivity contribution is 5.42. The molecule has 0 saturated heterocycles. The van der Waals surface area contributed by atoms with E-state index in [-0.39, 0.29) is 5.82 Å². The third-order valence-electron chi connectivity index (χ3n) is 4.47. The molecule has 0 saturated carbocycles. The minimum absolute atomic E-state index is 0.260. The van der Waals surface area contributed by atoms with Gasteiger partial charge in [-0.25, -0.2) is 9.37 Å². The Morgan fingerprint density at radius 1 is 1.07 bits per heavy atom. The van der Waals surface area contributed by atoms with Crippen LogP contribution in [0.2, 0.25) is 0 Å². The average Bonchev–Trinajstić information content (AvgIpc) is 3.21. The van der Waals surface area contributed by atoms with Gasteiger partial charge in [-0.3, -0.25) is 4.90 Å². The first-order valence-corrected chi connectivity index (χ1v) is 8.76. The van der Waals surface area contributed by atoms with Crippen molar-refractivity contribution in [1.82, 2.24) is 24.4 Å². The summed E-state index contributed by atoms with van der Waals surface area (Å²) in [4.78, 5) is 11.1. The zero-order chi connectivity index (χ0) is 18.8. The molecule has 0 amide bonds. The highest BCUT2D eigenvalue weighted by Gasteiger charge is 2.14. The molecule has 0 bridgehead atoms. The predicted molar refractivity (Wildman–Crippen MR) is 98.6 cm³/mol. The van der Waals surface area contributed by atoms with Gasteiger partial charge in [-0.1, -0.05) is 29.4 Å². The van der Waals surface area contributed by atoms with Gasteiger partial charge in [-0.05, 0) is 37.7 Å². The van der Waals surface area contributed by atoms with Crippen molar-refractivity contribution in [3.8, 4) is 0 Å². The number of halogens is 1. The molecule has 4 aromatic rings. The van der Waals surface area contributed by atoms with E-state index in [1.54, 1.807) is 18.2 Å². The molecular weight excluding hydrogens is 345 g/mol. The van der Waals surface area contributed by atoms with Gasteiger partial charge >= 0.3 is 0 Å². The van der Waals surface area contributed by atoms with E-state index >= 15 is 0 Å². The topological polar surface area (TPSA) is 59.5 Å².